The van der Waals surface area contributed by atoms with E-state index in [1.165, 1.54) is 23.3 Å². The molecule has 0 spiro atoms. The first-order valence-electron chi connectivity index (χ1n) is 10.1. The number of nitrogens with zero attached hydrogens (tertiary/aromatic N) is 2. The number of fused-ring (bicyclic) bond motifs is 1. The van der Waals surface area contributed by atoms with Gasteiger partial charge in [-0.25, -0.2) is 4.98 Å². The third-order valence-electron chi connectivity index (χ3n) is 5.21. The Hall–Kier alpha value is -4.14. The monoisotopic (exact) mass is 487 g/mol. The molecule has 0 aliphatic carbocycles. The number of nitrogens with one attached hydrogen (secondary N) is 1. The molecule has 1 N–H and O–H groups in total. The number of furan rings is 1. The summed E-state index contributed by atoms with van der Waals surface area (Å²) in [6.07, 6.45) is 2.69. The van der Waals surface area contributed by atoms with Crippen LogP contribution in [0.2, 0.25) is 5.02 Å². The number of pyridine rings is 1. The van der Waals surface area contributed by atoms with Gasteiger partial charge in [0.15, 0.2) is 10.9 Å². The summed E-state index contributed by atoms with van der Waals surface area (Å²) < 4.78 is 5.27. The molecule has 0 bridgehead atoms. The first-order chi connectivity index (χ1) is 16.4. The number of aromatic nitrogens is 1. The lowest BCUT2D eigenvalue weighted by atomic mass is 10.0. The molecule has 1 aliphatic rings. The zero-order valence-corrected chi connectivity index (χ0v) is 18.9. The Morgan fingerprint density at radius 3 is 2.56 bits per heavy atom. The summed E-state index contributed by atoms with van der Waals surface area (Å²) >= 11 is 11.2. The number of amides is 2. The van der Waals surface area contributed by atoms with E-state index in [9.17, 15) is 14.4 Å². The predicted molar refractivity (Wildman–Crippen MR) is 132 cm³/mol. The fourth-order valence-electron chi connectivity index (χ4n) is 3.58. The molecule has 1 aliphatic heterocycles. The van der Waals surface area contributed by atoms with Crippen LogP contribution in [0.5, 0.6) is 0 Å². The molecule has 2 amide bonds. The largest absolute Gasteiger partial charge is 0.461 e. The molecule has 2 aromatic heterocycles. The number of carbonyl (C=O) groups excluding carboxylic acids is 3. The van der Waals surface area contributed by atoms with Gasteiger partial charge in [0.1, 0.15) is 5.57 Å². The van der Waals surface area contributed by atoms with Gasteiger partial charge in [0.05, 0.1) is 28.7 Å². The van der Waals surface area contributed by atoms with Crippen molar-refractivity contribution in [3.63, 3.8) is 0 Å². The van der Waals surface area contributed by atoms with Crippen LogP contribution in [0.1, 0.15) is 21.8 Å². The molecule has 7 nitrogen and oxygen atoms in total. The number of carbonyl (C=O) groups is 3. The number of hydrogen-bond acceptors (Lipinski definition) is 6. The van der Waals surface area contributed by atoms with Crippen molar-refractivity contribution >= 4 is 69.2 Å². The lowest BCUT2D eigenvalue weighted by Gasteiger charge is -2.29. The van der Waals surface area contributed by atoms with Crippen molar-refractivity contribution in [2.24, 2.45) is 0 Å². The minimum atomic E-state index is -0.688. The maximum Gasteiger partial charge on any atom is 0.270 e. The van der Waals surface area contributed by atoms with Gasteiger partial charge in [0, 0.05) is 10.4 Å². The number of thiocarbonyl (C=S) groups is 1. The quantitative estimate of drug-likeness (QED) is 0.196. The highest BCUT2D eigenvalue weighted by atomic mass is 35.5. The van der Waals surface area contributed by atoms with Crippen LogP contribution in [0.4, 0.5) is 5.69 Å². The van der Waals surface area contributed by atoms with Gasteiger partial charge in [-0.15, -0.1) is 0 Å². The molecule has 166 valence electrons. The molecule has 9 heteroatoms. The Morgan fingerprint density at radius 1 is 1.06 bits per heavy atom. The highest BCUT2D eigenvalue weighted by molar-refractivity contribution is 7.80. The van der Waals surface area contributed by atoms with E-state index in [0.717, 1.165) is 5.39 Å². The van der Waals surface area contributed by atoms with E-state index >= 15 is 0 Å². The van der Waals surface area contributed by atoms with E-state index in [1.807, 2.05) is 12.1 Å². The fourth-order valence-corrected chi connectivity index (χ4v) is 3.99. The molecule has 5 rings (SSSR count). The summed E-state index contributed by atoms with van der Waals surface area (Å²) in [5.41, 5.74) is 1.15. The Morgan fingerprint density at radius 2 is 1.82 bits per heavy atom. The van der Waals surface area contributed by atoms with Crippen LogP contribution in [0.25, 0.3) is 17.0 Å². The van der Waals surface area contributed by atoms with Gasteiger partial charge < -0.3 is 4.42 Å². The zero-order chi connectivity index (χ0) is 23.8. The van der Waals surface area contributed by atoms with Crippen molar-refractivity contribution in [1.29, 1.82) is 0 Å². The smallest absolute Gasteiger partial charge is 0.270 e. The fraction of sp³-hybridized carbons (Fsp3) is 0. The molecule has 34 heavy (non-hydrogen) atoms. The summed E-state index contributed by atoms with van der Waals surface area (Å²) in [6, 6.07) is 18.5. The molecule has 0 radical (unpaired) electrons. The molecule has 0 unspecified atom stereocenters. The van der Waals surface area contributed by atoms with Crippen LogP contribution in [0.15, 0.2) is 83.0 Å². The molecular weight excluding hydrogens is 474 g/mol. The molecule has 3 heterocycles. The van der Waals surface area contributed by atoms with E-state index in [-0.39, 0.29) is 27.7 Å². The SMILES string of the molecule is O=C1NC(=S)N(c2ccc(Cl)cc2)C(=O)C1=Cc1nc2ccccc2cc1C(=O)c1ccco1. The zero-order valence-electron chi connectivity index (χ0n) is 17.3. The van der Waals surface area contributed by atoms with Crippen molar-refractivity contribution in [2.75, 3.05) is 4.90 Å². The summed E-state index contributed by atoms with van der Waals surface area (Å²) in [5, 5.41) is 3.67. The van der Waals surface area contributed by atoms with Gasteiger partial charge >= 0.3 is 0 Å². The molecule has 2 aromatic carbocycles. The van der Waals surface area contributed by atoms with Gasteiger partial charge in [0.25, 0.3) is 11.8 Å². The third-order valence-corrected chi connectivity index (χ3v) is 5.75. The van der Waals surface area contributed by atoms with E-state index in [2.05, 4.69) is 10.3 Å². The molecule has 1 fully saturated rings. The number of anilines is 1. The molecule has 1 saturated heterocycles. The second-order valence-corrected chi connectivity index (χ2v) is 8.18. The van der Waals surface area contributed by atoms with Crippen LogP contribution in [-0.4, -0.2) is 27.7 Å². The van der Waals surface area contributed by atoms with E-state index in [0.29, 0.717) is 16.2 Å². The number of rotatable bonds is 4. The van der Waals surface area contributed by atoms with Crippen molar-refractivity contribution in [3.05, 3.63) is 101 Å². The van der Waals surface area contributed by atoms with Crippen LogP contribution < -0.4 is 10.2 Å². The minimum absolute atomic E-state index is 0.0622. The molecule has 4 aromatic rings. The average Bonchev–Trinajstić information content (AvgIpc) is 3.37. The highest BCUT2D eigenvalue weighted by Gasteiger charge is 2.35. The van der Waals surface area contributed by atoms with Gasteiger partial charge in [-0.05, 0) is 66.8 Å². The summed E-state index contributed by atoms with van der Waals surface area (Å²) in [4.78, 5) is 45.0. The number of halogens is 1. The number of ketones is 1. The maximum atomic E-state index is 13.4. The van der Waals surface area contributed by atoms with Crippen LogP contribution in [0.3, 0.4) is 0 Å². The minimum Gasteiger partial charge on any atom is -0.461 e. The Kier molecular flexibility index (Phi) is 5.53. The second-order valence-electron chi connectivity index (χ2n) is 7.35. The van der Waals surface area contributed by atoms with Gasteiger partial charge in [-0.1, -0.05) is 29.8 Å². The van der Waals surface area contributed by atoms with Crippen molar-refractivity contribution in [3.8, 4) is 0 Å². The lowest BCUT2D eigenvalue weighted by Crippen LogP contribution is -2.54. The predicted octanol–water partition coefficient (Wildman–Crippen LogP) is 4.54. The summed E-state index contributed by atoms with van der Waals surface area (Å²) in [6.45, 7) is 0. The second kappa shape index (κ2) is 8.66. The highest BCUT2D eigenvalue weighted by Crippen LogP contribution is 2.26. The standard InChI is InChI=1S/C25H14ClN3O4S/c26-15-7-9-16(10-8-15)29-24(32)18(23(31)28-25(29)34)13-20-17(22(30)21-6-3-11-33-21)12-14-4-1-2-5-19(14)27-20/h1-13H,(H,28,31,34). The van der Waals surface area contributed by atoms with Crippen LogP contribution in [0, 0.1) is 0 Å². The van der Waals surface area contributed by atoms with Crippen LogP contribution >= 0.6 is 23.8 Å². The maximum absolute atomic E-state index is 13.4. The van der Waals surface area contributed by atoms with Gasteiger partial charge in [-0.3, -0.25) is 24.6 Å². The van der Waals surface area contributed by atoms with E-state index in [1.54, 1.807) is 48.5 Å². The van der Waals surface area contributed by atoms with E-state index < -0.39 is 17.6 Å². The normalized spacial score (nSPS) is 15.1. The lowest BCUT2D eigenvalue weighted by molar-refractivity contribution is -0.122. The van der Waals surface area contributed by atoms with E-state index in [4.69, 9.17) is 28.2 Å². The number of para-hydroxylation sites is 1. The van der Waals surface area contributed by atoms with Crippen molar-refractivity contribution in [1.82, 2.24) is 10.3 Å². The van der Waals surface area contributed by atoms with Crippen molar-refractivity contribution in [2.45, 2.75) is 0 Å². The number of benzene rings is 2. The number of hydrogen-bond donors (Lipinski definition) is 1. The Balaban J connectivity index is 1.65. The molecule has 0 atom stereocenters. The summed E-state index contributed by atoms with van der Waals surface area (Å²) in [7, 11) is 0. The van der Waals surface area contributed by atoms with Gasteiger partial charge in [-0.2, -0.15) is 0 Å². The molecular formula is C25H14ClN3O4S. The van der Waals surface area contributed by atoms with Gasteiger partial charge in [0.2, 0.25) is 5.78 Å². The molecule has 0 saturated carbocycles. The first-order valence-corrected chi connectivity index (χ1v) is 10.9. The first kappa shape index (κ1) is 21.7. The van der Waals surface area contributed by atoms with Crippen molar-refractivity contribution < 1.29 is 18.8 Å². The Labute approximate surface area is 203 Å². The Bertz CT molecular complexity index is 1510. The average molecular weight is 488 g/mol. The summed E-state index contributed by atoms with van der Waals surface area (Å²) in [5.74, 6) is -1.65. The third kappa shape index (κ3) is 3.89. The topological polar surface area (TPSA) is 92.5 Å². The van der Waals surface area contributed by atoms with Crippen LogP contribution in [-0.2, 0) is 9.59 Å².